The van der Waals surface area contributed by atoms with Crippen molar-refractivity contribution in [1.29, 1.82) is 0 Å². The van der Waals surface area contributed by atoms with Gasteiger partial charge in [0.25, 0.3) is 0 Å². The van der Waals surface area contributed by atoms with Crippen molar-refractivity contribution in [1.82, 2.24) is 19.6 Å². The van der Waals surface area contributed by atoms with Crippen LogP contribution in [0, 0.1) is 5.92 Å². The molecule has 0 spiro atoms. The van der Waals surface area contributed by atoms with E-state index >= 15 is 0 Å². The third-order valence-corrected chi connectivity index (χ3v) is 5.45. The Morgan fingerprint density at radius 3 is 2.81 bits per heavy atom. The molecule has 26 heavy (non-hydrogen) atoms. The van der Waals surface area contributed by atoms with E-state index < -0.39 is 0 Å². The van der Waals surface area contributed by atoms with Gasteiger partial charge in [0.1, 0.15) is 6.54 Å². The van der Waals surface area contributed by atoms with Gasteiger partial charge in [-0.05, 0) is 50.8 Å². The number of hydrogen-bond donors (Lipinski definition) is 0. The van der Waals surface area contributed by atoms with Crippen LogP contribution in [0.25, 0.3) is 0 Å². The first kappa shape index (κ1) is 19.3. The fraction of sp³-hybridized carbons (Fsp3) is 0.789. The molecule has 1 aromatic heterocycles. The molecule has 2 fully saturated rings. The summed E-state index contributed by atoms with van der Waals surface area (Å²) in [5.74, 6) is 0.711. The highest BCUT2D eigenvalue weighted by Crippen LogP contribution is 2.20. The highest BCUT2D eigenvalue weighted by Gasteiger charge is 2.27. The van der Waals surface area contributed by atoms with Gasteiger partial charge in [-0.3, -0.25) is 9.48 Å². The number of rotatable bonds is 9. The lowest BCUT2D eigenvalue weighted by Crippen LogP contribution is -2.45. The molecule has 2 aliphatic heterocycles. The highest BCUT2D eigenvalue weighted by molar-refractivity contribution is 5.76. The Hall–Kier alpha value is -1.44. The molecule has 1 aromatic rings. The van der Waals surface area contributed by atoms with E-state index in [9.17, 15) is 4.79 Å². The van der Waals surface area contributed by atoms with E-state index in [1.807, 2.05) is 17.2 Å². The van der Waals surface area contributed by atoms with Crippen LogP contribution in [0.4, 0.5) is 0 Å². The molecule has 2 aliphatic rings. The number of ether oxygens (including phenoxy) is 2. The lowest BCUT2D eigenvalue weighted by molar-refractivity contribution is -0.134. The van der Waals surface area contributed by atoms with Gasteiger partial charge in [0.2, 0.25) is 5.91 Å². The number of piperidine rings is 1. The molecular formula is C19H32N4O3. The first-order valence-electron chi connectivity index (χ1n) is 9.82. The molecule has 3 heterocycles. The topological polar surface area (TPSA) is 59.8 Å². The van der Waals surface area contributed by atoms with Gasteiger partial charge in [0, 0.05) is 45.7 Å². The first-order chi connectivity index (χ1) is 12.7. The van der Waals surface area contributed by atoms with E-state index in [2.05, 4.69) is 10.00 Å². The summed E-state index contributed by atoms with van der Waals surface area (Å²) < 4.78 is 12.7. The lowest BCUT2D eigenvalue weighted by Gasteiger charge is -2.35. The molecule has 0 N–H and O–H groups in total. The lowest BCUT2D eigenvalue weighted by atomic mass is 9.96. The molecule has 7 heteroatoms. The molecule has 0 bridgehead atoms. The van der Waals surface area contributed by atoms with E-state index in [1.165, 1.54) is 0 Å². The van der Waals surface area contributed by atoms with Crippen molar-refractivity contribution in [2.75, 3.05) is 53.0 Å². The maximum Gasteiger partial charge on any atom is 0.244 e. The first-order valence-corrected chi connectivity index (χ1v) is 9.82. The standard InChI is InChI=1S/C19H32N4O3/c1-25-13-11-21-9-5-17(6-10-21)14-22(15-18-4-2-12-26-18)19(24)16-23-8-3-7-20-23/h3,7-8,17-18H,2,4-6,9-16H2,1H3. The minimum Gasteiger partial charge on any atom is -0.383 e. The summed E-state index contributed by atoms with van der Waals surface area (Å²) in [6.45, 7) is 6.65. The molecule has 1 unspecified atom stereocenters. The van der Waals surface area contributed by atoms with Crippen LogP contribution < -0.4 is 0 Å². The van der Waals surface area contributed by atoms with Crippen LogP contribution >= 0.6 is 0 Å². The van der Waals surface area contributed by atoms with Crippen molar-refractivity contribution >= 4 is 5.91 Å². The normalized spacial score (nSPS) is 22.0. The predicted molar refractivity (Wildman–Crippen MR) is 98.8 cm³/mol. The van der Waals surface area contributed by atoms with E-state index in [0.29, 0.717) is 19.0 Å². The average Bonchev–Trinajstić information content (AvgIpc) is 3.34. The second-order valence-corrected chi connectivity index (χ2v) is 7.42. The highest BCUT2D eigenvalue weighted by atomic mass is 16.5. The van der Waals surface area contributed by atoms with E-state index in [-0.39, 0.29) is 12.0 Å². The molecule has 0 aliphatic carbocycles. The van der Waals surface area contributed by atoms with Gasteiger partial charge < -0.3 is 19.3 Å². The molecule has 1 atom stereocenters. The maximum absolute atomic E-state index is 12.9. The Bertz CT molecular complexity index is 523. The van der Waals surface area contributed by atoms with Crippen LogP contribution in [0.15, 0.2) is 18.5 Å². The number of aromatic nitrogens is 2. The summed E-state index contributed by atoms with van der Waals surface area (Å²) in [5.41, 5.74) is 0. The Labute approximate surface area is 156 Å². The summed E-state index contributed by atoms with van der Waals surface area (Å²) in [4.78, 5) is 17.3. The second kappa shape index (κ2) is 10.0. The molecule has 1 amide bonds. The van der Waals surface area contributed by atoms with E-state index in [1.54, 1.807) is 18.0 Å². The number of methoxy groups -OCH3 is 1. The quantitative estimate of drug-likeness (QED) is 0.660. The summed E-state index contributed by atoms with van der Waals surface area (Å²) in [6.07, 6.45) is 8.19. The van der Waals surface area contributed by atoms with Gasteiger partial charge in [0.05, 0.1) is 12.7 Å². The minimum atomic E-state index is 0.144. The Morgan fingerprint density at radius 2 is 2.15 bits per heavy atom. The van der Waals surface area contributed by atoms with Crippen LogP contribution in [-0.4, -0.2) is 84.6 Å². The van der Waals surface area contributed by atoms with Crippen LogP contribution in [0.3, 0.4) is 0 Å². The van der Waals surface area contributed by atoms with Crippen molar-refractivity contribution in [3.8, 4) is 0 Å². The smallest absolute Gasteiger partial charge is 0.244 e. The molecule has 0 radical (unpaired) electrons. The van der Waals surface area contributed by atoms with Crippen molar-refractivity contribution < 1.29 is 14.3 Å². The van der Waals surface area contributed by atoms with Gasteiger partial charge in [-0.1, -0.05) is 0 Å². The Kier molecular flexibility index (Phi) is 7.46. The molecular weight excluding hydrogens is 332 g/mol. The third-order valence-electron chi connectivity index (χ3n) is 5.45. The SMILES string of the molecule is COCCN1CCC(CN(CC2CCCO2)C(=O)Cn2cccn2)CC1. The van der Waals surface area contributed by atoms with Crippen molar-refractivity contribution in [2.24, 2.45) is 5.92 Å². The fourth-order valence-electron chi connectivity index (χ4n) is 3.87. The summed E-state index contributed by atoms with van der Waals surface area (Å²) in [7, 11) is 1.75. The Balaban J connectivity index is 1.52. The monoisotopic (exact) mass is 364 g/mol. The van der Waals surface area contributed by atoms with Crippen molar-refractivity contribution in [3.63, 3.8) is 0 Å². The zero-order valence-electron chi connectivity index (χ0n) is 15.9. The molecule has 3 rings (SSSR count). The molecule has 7 nitrogen and oxygen atoms in total. The number of carbonyl (C=O) groups is 1. The zero-order chi connectivity index (χ0) is 18.2. The number of nitrogens with zero attached hydrogens (tertiary/aromatic N) is 4. The molecule has 2 saturated heterocycles. The number of hydrogen-bond acceptors (Lipinski definition) is 5. The van der Waals surface area contributed by atoms with Crippen LogP contribution in [0.2, 0.25) is 0 Å². The van der Waals surface area contributed by atoms with Gasteiger partial charge in [0.15, 0.2) is 0 Å². The van der Waals surface area contributed by atoms with Crippen LogP contribution in [0.1, 0.15) is 25.7 Å². The number of amides is 1. The average molecular weight is 364 g/mol. The molecule has 0 aromatic carbocycles. The second-order valence-electron chi connectivity index (χ2n) is 7.42. The van der Waals surface area contributed by atoms with Gasteiger partial charge >= 0.3 is 0 Å². The minimum absolute atomic E-state index is 0.144. The van der Waals surface area contributed by atoms with Crippen molar-refractivity contribution in [2.45, 2.75) is 38.3 Å². The summed E-state index contributed by atoms with van der Waals surface area (Å²) >= 11 is 0. The summed E-state index contributed by atoms with van der Waals surface area (Å²) in [5, 5.41) is 4.18. The molecule has 0 saturated carbocycles. The number of carbonyl (C=O) groups excluding carboxylic acids is 1. The largest absolute Gasteiger partial charge is 0.383 e. The van der Waals surface area contributed by atoms with E-state index in [0.717, 1.165) is 65.1 Å². The van der Waals surface area contributed by atoms with Gasteiger partial charge in [-0.15, -0.1) is 0 Å². The Morgan fingerprint density at radius 1 is 1.31 bits per heavy atom. The predicted octanol–water partition coefficient (Wildman–Crippen LogP) is 1.25. The number of likely N-dealkylation sites (tertiary alicyclic amines) is 1. The summed E-state index contributed by atoms with van der Waals surface area (Å²) in [6, 6.07) is 1.85. The maximum atomic E-state index is 12.9. The van der Waals surface area contributed by atoms with Crippen molar-refractivity contribution in [3.05, 3.63) is 18.5 Å². The van der Waals surface area contributed by atoms with Gasteiger partial charge in [-0.25, -0.2) is 0 Å². The zero-order valence-corrected chi connectivity index (χ0v) is 15.9. The van der Waals surface area contributed by atoms with Gasteiger partial charge in [-0.2, -0.15) is 5.10 Å². The molecule has 146 valence electrons. The third kappa shape index (κ3) is 5.79. The van der Waals surface area contributed by atoms with Crippen LogP contribution in [0.5, 0.6) is 0 Å². The fourth-order valence-corrected chi connectivity index (χ4v) is 3.87. The van der Waals surface area contributed by atoms with Crippen LogP contribution in [-0.2, 0) is 20.8 Å². The van der Waals surface area contributed by atoms with E-state index in [4.69, 9.17) is 9.47 Å².